The fourth-order valence-corrected chi connectivity index (χ4v) is 2.51. The first-order valence-corrected chi connectivity index (χ1v) is 7.39. The van der Waals surface area contributed by atoms with Crippen molar-refractivity contribution < 1.29 is 0 Å². The van der Waals surface area contributed by atoms with Crippen LogP contribution < -0.4 is 5.32 Å². The predicted octanol–water partition coefficient (Wildman–Crippen LogP) is 3.83. The summed E-state index contributed by atoms with van der Waals surface area (Å²) in [5.74, 6) is 0. The smallest absolute Gasteiger partial charge is 0.131 e. The number of rotatable bonds is 8. The number of nitrogens with zero attached hydrogens (tertiary/aromatic N) is 2. The van der Waals surface area contributed by atoms with Crippen molar-refractivity contribution in [3.63, 3.8) is 0 Å². The fraction of sp³-hybridized carbons (Fsp3) is 0.786. The Morgan fingerprint density at radius 2 is 2.00 bits per heavy atom. The van der Waals surface area contributed by atoms with Gasteiger partial charge in [0.2, 0.25) is 0 Å². The van der Waals surface area contributed by atoms with E-state index in [0.29, 0.717) is 6.04 Å². The van der Waals surface area contributed by atoms with Crippen molar-refractivity contribution >= 4 is 11.6 Å². The summed E-state index contributed by atoms with van der Waals surface area (Å²) in [7, 11) is 1.89. The van der Waals surface area contributed by atoms with Gasteiger partial charge in [-0.3, -0.25) is 4.68 Å². The molecule has 0 fully saturated rings. The highest BCUT2D eigenvalue weighted by Gasteiger charge is 2.13. The molecule has 18 heavy (non-hydrogen) atoms. The minimum Gasteiger partial charge on any atom is -0.310 e. The average molecular weight is 272 g/mol. The summed E-state index contributed by atoms with van der Waals surface area (Å²) in [6.07, 6.45) is 6.26. The fourth-order valence-electron chi connectivity index (χ4n) is 2.27. The van der Waals surface area contributed by atoms with Crippen LogP contribution in [0.25, 0.3) is 0 Å². The van der Waals surface area contributed by atoms with Crippen LogP contribution in [-0.2, 0) is 13.6 Å². The number of aromatic nitrogens is 2. The number of halogens is 1. The van der Waals surface area contributed by atoms with Gasteiger partial charge in [-0.15, -0.1) is 0 Å². The Kier molecular flexibility index (Phi) is 6.72. The van der Waals surface area contributed by atoms with Crippen LogP contribution in [0, 0.1) is 6.92 Å². The van der Waals surface area contributed by atoms with E-state index in [-0.39, 0.29) is 0 Å². The van der Waals surface area contributed by atoms with Crippen LogP contribution in [0.15, 0.2) is 0 Å². The molecule has 0 amide bonds. The highest BCUT2D eigenvalue weighted by atomic mass is 35.5. The number of hydrogen-bond acceptors (Lipinski definition) is 2. The highest BCUT2D eigenvalue weighted by Crippen LogP contribution is 2.19. The van der Waals surface area contributed by atoms with Gasteiger partial charge in [0.25, 0.3) is 0 Å². The van der Waals surface area contributed by atoms with E-state index in [1.54, 1.807) is 4.68 Å². The Hall–Kier alpha value is -0.540. The largest absolute Gasteiger partial charge is 0.310 e. The van der Waals surface area contributed by atoms with Gasteiger partial charge in [0.05, 0.1) is 5.69 Å². The van der Waals surface area contributed by atoms with Crippen molar-refractivity contribution in [1.29, 1.82) is 0 Å². The standard InChI is InChI=1S/C14H26ClN3/c1-5-7-9-12(8-6-2)16-10-13-11(3)17-18(4)14(13)15/h12,16H,5-10H2,1-4H3. The van der Waals surface area contributed by atoms with Gasteiger partial charge in [-0.25, -0.2) is 0 Å². The molecule has 0 radical (unpaired) electrons. The van der Waals surface area contributed by atoms with Crippen molar-refractivity contribution in [3.8, 4) is 0 Å². The molecular formula is C14H26ClN3. The maximum Gasteiger partial charge on any atom is 0.131 e. The van der Waals surface area contributed by atoms with Crippen LogP contribution >= 0.6 is 11.6 Å². The van der Waals surface area contributed by atoms with Crippen LogP contribution in [-0.4, -0.2) is 15.8 Å². The van der Waals surface area contributed by atoms with Crippen LogP contribution in [0.3, 0.4) is 0 Å². The predicted molar refractivity (Wildman–Crippen MR) is 78.0 cm³/mol. The second-order valence-corrected chi connectivity index (χ2v) is 5.35. The van der Waals surface area contributed by atoms with E-state index in [4.69, 9.17) is 11.6 Å². The zero-order chi connectivity index (χ0) is 13.5. The summed E-state index contributed by atoms with van der Waals surface area (Å²) >= 11 is 6.24. The minimum atomic E-state index is 0.602. The monoisotopic (exact) mass is 271 g/mol. The zero-order valence-electron chi connectivity index (χ0n) is 12.1. The lowest BCUT2D eigenvalue weighted by Crippen LogP contribution is -2.28. The van der Waals surface area contributed by atoms with E-state index in [1.807, 2.05) is 14.0 Å². The summed E-state index contributed by atoms with van der Waals surface area (Å²) in [6.45, 7) is 7.32. The molecule has 3 nitrogen and oxygen atoms in total. The van der Waals surface area contributed by atoms with Crippen molar-refractivity contribution in [2.75, 3.05) is 0 Å². The average Bonchev–Trinajstić information content (AvgIpc) is 2.58. The van der Waals surface area contributed by atoms with E-state index in [1.165, 1.54) is 32.1 Å². The van der Waals surface area contributed by atoms with Gasteiger partial charge in [0, 0.05) is 25.2 Å². The second kappa shape index (κ2) is 7.80. The molecule has 0 bridgehead atoms. The van der Waals surface area contributed by atoms with Crippen LogP contribution in [0.4, 0.5) is 0 Å². The zero-order valence-corrected chi connectivity index (χ0v) is 12.8. The molecule has 1 heterocycles. The summed E-state index contributed by atoms with van der Waals surface area (Å²) < 4.78 is 1.74. The maximum absolute atomic E-state index is 6.24. The number of unbranched alkanes of at least 4 members (excludes halogenated alkanes) is 1. The lowest BCUT2D eigenvalue weighted by Gasteiger charge is -2.17. The maximum atomic E-state index is 6.24. The van der Waals surface area contributed by atoms with Crippen molar-refractivity contribution in [3.05, 3.63) is 16.4 Å². The molecule has 1 unspecified atom stereocenters. The van der Waals surface area contributed by atoms with E-state index >= 15 is 0 Å². The van der Waals surface area contributed by atoms with Crippen molar-refractivity contribution in [1.82, 2.24) is 15.1 Å². The molecule has 1 aromatic rings. The molecule has 0 saturated heterocycles. The molecule has 0 aromatic carbocycles. The topological polar surface area (TPSA) is 29.9 Å². The van der Waals surface area contributed by atoms with Crippen LogP contribution in [0.5, 0.6) is 0 Å². The molecule has 0 spiro atoms. The number of nitrogens with one attached hydrogen (secondary N) is 1. The Labute approximate surface area is 116 Å². The summed E-state index contributed by atoms with van der Waals surface area (Å²) in [5.41, 5.74) is 2.16. The van der Waals surface area contributed by atoms with Gasteiger partial charge in [-0.1, -0.05) is 44.7 Å². The Morgan fingerprint density at radius 1 is 1.28 bits per heavy atom. The Bertz CT molecular complexity index is 360. The summed E-state index contributed by atoms with van der Waals surface area (Å²) in [6, 6.07) is 0.602. The second-order valence-electron chi connectivity index (χ2n) is 4.99. The van der Waals surface area contributed by atoms with Gasteiger partial charge in [-0.2, -0.15) is 5.10 Å². The lowest BCUT2D eigenvalue weighted by molar-refractivity contribution is 0.433. The summed E-state index contributed by atoms with van der Waals surface area (Å²) in [4.78, 5) is 0. The molecule has 4 heteroatoms. The molecule has 0 aliphatic heterocycles. The Morgan fingerprint density at radius 3 is 2.50 bits per heavy atom. The molecule has 0 aliphatic rings. The summed E-state index contributed by atoms with van der Waals surface area (Å²) in [5, 5.41) is 8.73. The molecule has 0 aliphatic carbocycles. The van der Waals surface area contributed by atoms with E-state index < -0.39 is 0 Å². The van der Waals surface area contributed by atoms with Crippen molar-refractivity contribution in [2.24, 2.45) is 7.05 Å². The van der Waals surface area contributed by atoms with Crippen molar-refractivity contribution in [2.45, 2.75) is 65.5 Å². The number of aryl methyl sites for hydroxylation is 2. The third kappa shape index (κ3) is 4.29. The van der Waals surface area contributed by atoms with Crippen LogP contribution in [0.1, 0.15) is 57.2 Å². The molecule has 1 aromatic heterocycles. The first kappa shape index (κ1) is 15.5. The molecule has 1 atom stereocenters. The normalized spacial score (nSPS) is 12.9. The van der Waals surface area contributed by atoms with Crippen LogP contribution in [0.2, 0.25) is 5.15 Å². The minimum absolute atomic E-state index is 0.602. The third-order valence-corrected chi connectivity index (χ3v) is 3.85. The van der Waals surface area contributed by atoms with Gasteiger partial charge in [0.1, 0.15) is 5.15 Å². The molecule has 0 saturated carbocycles. The SMILES string of the molecule is CCCCC(CCC)NCc1c(C)nn(C)c1Cl. The first-order chi connectivity index (χ1) is 8.60. The van der Waals surface area contributed by atoms with Gasteiger partial charge in [-0.05, 0) is 19.8 Å². The molecule has 1 N–H and O–H groups in total. The van der Waals surface area contributed by atoms with Gasteiger partial charge in [0.15, 0.2) is 0 Å². The van der Waals surface area contributed by atoms with E-state index in [2.05, 4.69) is 24.3 Å². The first-order valence-electron chi connectivity index (χ1n) is 7.01. The lowest BCUT2D eigenvalue weighted by atomic mass is 10.0. The highest BCUT2D eigenvalue weighted by molar-refractivity contribution is 6.30. The number of hydrogen-bond donors (Lipinski definition) is 1. The van der Waals surface area contributed by atoms with Gasteiger partial charge < -0.3 is 5.32 Å². The quantitative estimate of drug-likeness (QED) is 0.779. The third-order valence-electron chi connectivity index (χ3n) is 3.38. The molecular weight excluding hydrogens is 246 g/mol. The Balaban J connectivity index is 2.55. The molecule has 104 valence electrons. The molecule has 1 rings (SSSR count). The van der Waals surface area contributed by atoms with E-state index in [9.17, 15) is 0 Å². The van der Waals surface area contributed by atoms with E-state index in [0.717, 1.165) is 23.0 Å². The van der Waals surface area contributed by atoms with Gasteiger partial charge >= 0.3 is 0 Å².